The lowest BCUT2D eigenvalue weighted by molar-refractivity contribution is -0.138. The third-order valence-electron chi connectivity index (χ3n) is 5.98. The number of carbonyl (C=O) groups is 2. The molecule has 4 aromatic rings. The van der Waals surface area contributed by atoms with E-state index in [2.05, 4.69) is 10.5 Å². The molecule has 1 aromatic heterocycles. The molecular weight excluding hydrogens is 480 g/mol. The Kier molecular flexibility index (Phi) is 7.41. The zero-order valence-corrected chi connectivity index (χ0v) is 20.7. The van der Waals surface area contributed by atoms with Crippen molar-refractivity contribution in [3.8, 4) is 22.5 Å². The van der Waals surface area contributed by atoms with Gasteiger partial charge >= 0.3 is 12.1 Å². The van der Waals surface area contributed by atoms with Crippen LogP contribution in [0.5, 0.6) is 0 Å². The van der Waals surface area contributed by atoms with E-state index in [0.717, 1.165) is 22.3 Å². The molecule has 184 valence electrons. The number of aliphatic carboxylic acids is 1. The molecule has 7 nitrogen and oxygen atoms in total. The van der Waals surface area contributed by atoms with Crippen molar-refractivity contribution in [2.75, 3.05) is 5.32 Å². The maximum atomic E-state index is 12.6. The number of carboxylic acids is 1. The van der Waals surface area contributed by atoms with Crippen LogP contribution in [0.2, 0.25) is 5.02 Å². The third kappa shape index (κ3) is 5.42. The van der Waals surface area contributed by atoms with Gasteiger partial charge in [-0.25, -0.2) is 4.79 Å². The van der Waals surface area contributed by atoms with Crippen LogP contribution >= 0.6 is 11.6 Å². The number of carboxylic acid groups (broad SMARTS) is 1. The number of rotatable bonds is 7. The number of aryl methyl sites for hydroxylation is 1. The summed E-state index contributed by atoms with van der Waals surface area (Å²) < 4.78 is 11.0. The highest BCUT2D eigenvalue weighted by atomic mass is 35.5. The number of hydrogen-bond acceptors (Lipinski definition) is 5. The molecule has 36 heavy (non-hydrogen) atoms. The predicted octanol–water partition coefficient (Wildman–Crippen LogP) is 7.47. The van der Waals surface area contributed by atoms with Crippen molar-refractivity contribution >= 4 is 29.4 Å². The summed E-state index contributed by atoms with van der Waals surface area (Å²) in [5.41, 5.74) is 5.01. The van der Waals surface area contributed by atoms with E-state index in [1.54, 1.807) is 32.9 Å². The molecule has 2 N–H and O–H groups in total. The van der Waals surface area contributed by atoms with Crippen molar-refractivity contribution in [2.45, 2.75) is 32.8 Å². The van der Waals surface area contributed by atoms with Crippen molar-refractivity contribution in [3.63, 3.8) is 0 Å². The molecule has 0 radical (unpaired) electrons. The van der Waals surface area contributed by atoms with E-state index in [1.165, 1.54) is 0 Å². The monoisotopic (exact) mass is 504 g/mol. The minimum Gasteiger partial charge on any atom is -0.481 e. The number of amides is 1. The molecule has 0 spiro atoms. The molecule has 0 fully saturated rings. The maximum Gasteiger partial charge on any atom is 0.412 e. The van der Waals surface area contributed by atoms with Crippen molar-refractivity contribution in [2.24, 2.45) is 0 Å². The lowest BCUT2D eigenvalue weighted by atomic mass is 9.97. The first-order chi connectivity index (χ1) is 17.2. The van der Waals surface area contributed by atoms with Crippen molar-refractivity contribution < 1.29 is 24.0 Å². The zero-order chi connectivity index (χ0) is 25.8. The average molecular weight is 505 g/mol. The van der Waals surface area contributed by atoms with Gasteiger partial charge in [-0.2, -0.15) is 0 Å². The smallest absolute Gasteiger partial charge is 0.412 e. The van der Waals surface area contributed by atoms with Gasteiger partial charge in [0.25, 0.3) is 0 Å². The first-order valence-corrected chi connectivity index (χ1v) is 11.7. The quantitative estimate of drug-likeness (QED) is 0.270. The largest absolute Gasteiger partial charge is 0.481 e. The summed E-state index contributed by atoms with van der Waals surface area (Å²) in [6.45, 7) is 5.13. The molecule has 8 heteroatoms. The number of hydrogen-bond donors (Lipinski definition) is 2. The minimum absolute atomic E-state index is 0.409. The van der Waals surface area contributed by atoms with Gasteiger partial charge in [-0.15, -0.1) is 0 Å². The van der Waals surface area contributed by atoms with E-state index in [0.29, 0.717) is 27.7 Å². The number of carbonyl (C=O) groups excluding carboxylic acids is 1. The Bertz CT molecular complexity index is 1380. The van der Waals surface area contributed by atoms with Gasteiger partial charge in [0.05, 0.1) is 5.92 Å². The predicted molar refractivity (Wildman–Crippen MR) is 138 cm³/mol. The number of benzene rings is 3. The highest BCUT2D eigenvalue weighted by Gasteiger charge is 2.21. The van der Waals surface area contributed by atoms with Gasteiger partial charge in [0.2, 0.25) is 0 Å². The summed E-state index contributed by atoms with van der Waals surface area (Å²) in [7, 11) is 0. The molecule has 0 saturated heterocycles. The zero-order valence-electron chi connectivity index (χ0n) is 20.0. The first-order valence-electron chi connectivity index (χ1n) is 11.4. The van der Waals surface area contributed by atoms with E-state index < -0.39 is 24.1 Å². The number of halogens is 1. The van der Waals surface area contributed by atoms with Crippen molar-refractivity contribution in [1.82, 2.24) is 5.16 Å². The normalized spacial score (nSPS) is 12.6. The Hall–Kier alpha value is -4.10. The average Bonchev–Trinajstić information content (AvgIpc) is 3.23. The van der Waals surface area contributed by atoms with Crippen LogP contribution in [0.4, 0.5) is 10.5 Å². The first kappa shape index (κ1) is 25.0. The maximum absolute atomic E-state index is 12.6. The van der Waals surface area contributed by atoms with Gasteiger partial charge in [0, 0.05) is 16.1 Å². The van der Waals surface area contributed by atoms with E-state index in [-0.39, 0.29) is 0 Å². The Labute approximate surface area is 213 Å². The summed E-state index contributed by atoms with van der Waals surface area (Å²) >= 11 is 6.21. The van der Waals surface area contributed by atoms with Gasteiger partial charge in [-0.05, 0) is 43.5 Å². The SMILES string of the molecule is Cc1noc(-c2ccc(-c3ccc(C(C)C(=O)O)cc3)cc2)c1NC(=O)OC(C)c1ccccc1Cl. The van der Waals surface area contributed by atoms with Crippen LogP contribution in [0, 0.1) is 6.92 Å². The van der Waals surface area contributed by atoms with Crippen LogP contribution in [0.3, 0.4) is 0 Å². The highest BCUT2D eigenvalue weighted by Crippen LogP contribution is 2.33. The van der Waals surface area contributed by atoms with E-state index in [4.69, 9.17) is 20.9 Å². The standard InChI is InChI=1S/C28H25ClN2O5/c1-16(27(32)33)19-8-10-20(11-9-19)21-12-14-22(15-13-21)26-25(17(2)31-36-26)30-28(34)35-18(3)23-6-4-5-7-24(23)29/h4-16,18H,1-3H3,(H,30,34)(H,32,33). The fourth-order valence-corrected chi connectivity index (χ4v) is 4.08. The van der Waals surface area contributed by atoms with Crippen LogP contribution in [0.25, 0.3) is 22.5 Å². The molecule has 2 atom stereocenters. The Morgan fingerprint density at radius 1 is 0.944 bits per heavy atom. The molecule has 0 saturated carbocycles. The van der Waals surface area contributed by atoms with Crippen LogP contribution in [0.1, 0.15) is 42.7 Å². The number of aromatic nitrogens is 1. The van der Waals surface area contributed by atoms with Gasteiger partial charge in [-0.1, -0.05) is 83.5 Å². The number of nitrogens with zero attached hydrogens (tertiary/aromatic N) is 1. The topological polar surface area (TPSA) is 102 Å². The Balaban J connectivity index is 1.49. The molecule has 0 aliphatic rings. The second-order valence-electron chi connectivity index (χ2n) is 8.43. The molecule has 0 bridgehead atoms. The van der Waals surface area contributed by atoms with Crippen LogP contribution in [-0.2, 0) is 9.53 Å². The van der Waals surface area contributed by atoms with Crippen LogP contribution in [0.15, 0.2) is 77.3 Å². The summed E-state index contributed by atoms with van der Waals surface area (Å²) in [5, 5.41) is 16.5. The van der Waals surface area contributed by atoms with Gasteiger partial charge in [0.15, 0.2) is 5.76 Å². The molecule has 4 rings (SSSR count). The number of ether oxygens (including phenoxy) is 1. The minimum atomic E-state index is -0.860. The lowest BCUT2D eigenvalue weighted by Gasteiger charge is -2.15. The summed E-state index contributed by atoms with van der Waals surface area (Å²) in [6.07, 6.45) is -1.20. The molecule has 0 aliphatic heterocycles. The molecule has 3 aromatic carbocycles. The fraction of sp³-hybridized carbons (Fsp3) is 0.179. The van der Waals surface area contributed by atoms with Crippen LogP contribution < -0.4 is 5.32 Å². The summed E-state index contributed by atoms with van der Waals surface area (Å²) in [6, 6.07) is 22.2. The molecular formula is C28H25ClN2O5. The molecule has 0 aliphatic carbocycles. The Morgan fingerprint density at radius 2 is 1.53 bits per heavy atom. The van der Waals surface area contributed by atoms with Gasteiger partial charge < -0.3 is 14.4 Å². The fourth-order valence-electron chi connectivity index (χ4n) is 3.80. The van der Waals surface area contributed by atoms with E-state index in [9.17, 15) is 14.7 Å². The van der Waals surface area contributed by atoms with Crippen molar-refractivity contribution in [1.29, 1.82) is 0 Å². The molecule has 1 heterocycles. The second kappa shape index (κ2) is 10.7. The van der Waals surface area contributed by atoms with Gasteiger partial charge in [0.1, 0.15) is 17.5 Å². The van der Waals surface area contributed by atoms with Crippen molar-refractivity contribution in [3.05, 3.63) is 94.6 Å². The Morgan fingerprint density at radius 3 is 2.14 bits per heavy atom. The summed E-state index contributed by atoms with van der Waals surface area (Å²) in [4.78, 5) is 23.8. The summed E-state index contributed by atoms with van der Waals surface area (Å²) in [5.74, 6) is -1.02. The number of anilines is 1. The third-order valence-corrected chi connectivity index (χ3v) is 6.32. The highest BCUT2D eigenvalue weighted by molar-refractivity contribution is 6.31. The van der Waals surface area contributed by atoms with Gasteiger partial charge in [-0.3, -0.25) is 10.1 Å². The number of nitrogens with one attached hydrogen (secondary N) is 1. The molecule has 1 amide bonds. The second-order valence-corrected chi connectivity index (χ2v) is 8.83. The van der Waals surface area contributed by atoms with E-state index in [1.807, 2.05) is 60.7 Å². The van der Waals surface area contributed by atoms with E-state index >= 15 is 0 Å². The molecule has 2 unspecified atom stereocenters. The lowest BCUT2D eigenvalue weighted by Crippen LogP contribution is -2.17. The van der Waals surface area contributed by atoms with Crippen LogP contribution in [-0.4, -0.2) is 22.3 Å².